The first-order chi connectivity index (χ1) is 6.99. The van der Waals surface area contributed by atoms with Crippen molar-refractivity contribution in [2.75, 3.05) is 0 Å². The third-order valence-electron chi connectivity index (χ3n) is 2.72. The van der Waals surface area contributed by atoms with E-state index in [2.05, 4.69) is 5.32 Å². The van der Waals surface area contributed by atoms with E-state index in [9.17, 15) is 14.4 Å². The first-order valence-electron chi connectivity index (χ1n) is 5.04. The van der Waals surface area contributed by atoms with Crippen molar-refractivity contribution >= 4 is 18.2 Å². The smallest absolute Gasteiger partial charge is 0.234 e. The van der Waals surface area contributed by atoms with Crippen molar-refractivity contribution in [3.63, 3.8) is 0 Å². The van der Waals surface area contributed by atoms with Gasteiger partial charge in [-0.15, -0.1) is 0 Å². The van der Waals surface area contributed by atoms with Crippen LogP contribution in [-0.2, 0) is 14.4 Å². The van der Waals surface area contributed by atoms with E-state index in [-0.39, 0.29) is 30.1 Å². The summed E-state index contributed by atoms with van der Waals surface area (Å²) in [6.07, 6.45) is 0.196. The Labute approximate surface area is 88.8 Å². The lowest BCUT2D eigenvalue weighted by molar-refractivity contribution is -0.142. The summed E-state index contributed by atoms with van der Waals surface area (Å²) in [6.45, 7) is 5.45. The Morgan fingerprint density at radius 2 is 2.00 bits per heavy atom. The minimum absolute atomic E-state index is 0.148. The number of hydrogen-bond donors (Lipinski definition) is 1. The maximum absolute atomic E-state index is 11.8. The highest BCUT2D eigenvalue weighted by Crippen LogP contribution is 2.27. The van der Waals surface area contributed by atoms with Gasteiger partial charge in [0.2, 0.25) is 18.2 Å². The molecule has 5 nitrogen and oxygen atoms in total. The third-order valence-corrected chi connectivity index (χ3v) is 2.72. The van der Waals surface area contributed by atoms with E-state index >= 15 is 0 Å². The van der Waals surface area contributed by atoms with Crippen LogP contribution in [0.4, 0.5) is 0 Å². The molecule has 0 aromatic heterocycles. The molecule has 1 aliphatic heterocycles. The lowest BCUT2D eigenvalue weighted by Crippen LogP contribution is -2.46. The topological polar surface area (TPSA) is 66.5 Å². The fourth-order valence-corrected chi connectivity index (χ4v) is 1.78. The van der Waals surface area contributed by atoms with Crippen LogP contribution in [0, 0.1) is 11.8 Å². The Bertz CT molecular complexity index is 288. The lowest BCUT2D eigenvalue weighted by atomic mass is 9.94. The molecule has 1 rings (SSSR count). The normalized spacial score (nSPS) is 23.5. The van der Waals surface area contributed by atoms with Gasteiger partial charge in [-0.2, -0.15) is 0 Å². The zero-order chi connectivity index (χ0) is 11.6. The van der Waals surface area contributed by atoms with Crippen molar-refractivity contribution in [1.29, 1.82) is 0 Å². The third kappa shape index (κ3) is 2.16. The second-order valence-corrected chi connectivity index (χ2v) is 4.12. The Morgan fingerprint density at radius 1 is 1.40 bits per heavy atom. The molecular weight excluding hydrogens is 196 g/mol. The lowest BCUT2D eigenvalue weighted by Gasteiger charge is -2.22. The minimum Gasteiger partial charge on any atom is -0.338 e. The highest BCUT2D eigenvalue weighted by atomic mass is 16.2. The molecular formula is C10H16N2O3. The number of carbonyl (C=O) groups is 3. The summed E-state index contributed by atoms with van der Waals surface area (Å²) < 4.78 is 0. The molecule has 3 amide bonds. The number of carbonyl (C=O) groups excluding carboxylic acids is 3. The Balaban J connectivity index is 2.79. The highest BCUT2D eigenvalue weighted by Gasteiger charge is 2.42. The number of nitrogens with zero attached hydrogens (tertiary/aromatic N) is 1. The minimum atomic E-state index is -0.550. The molecule has 1 N–H and O–H groups in total. The van der Waals surface area contributed by atoms with E-state index in [1.807, 2.05) is 13.8 Å². The second kappa shape index (κ2) is 4.42. The van der Waals surface area contributed by atoms with Gasteiger partial charge in [0.05, 0.1) is 0 Å². The summed E-state index contributed by atoms with van der Waals surface area (Å²) in [6, 6.07) is 0. The molecule has 15 heavy (non-hydrogen) atoms. The van der Waals surface area contributed by atoms with Crippen molar-refractivity contribution in [3.8, 4) is 0 Å². The van der Waals surface area contributed by atoms with E-state index < -0.39 is 6.17 Å². The molecule has 84 valence electrons. The van der Waals surface area contributed by atoms with Gasteiger partial charge < -0.3 is 5.32 Å². The van der Waals surface area contributed by atoms with Crippen LogP contribution in [0.5, 0.6) is 0 Å². The van der Waals surface area contributed by atoms with Gasteiger partial charge in [0, 0.05) is 12.3 Å². The van der Waals surface area contributed by atoms with Crippen LogP contribution in [0.2, 0.25) is 0 Å². The van der Waals surface area contributed by atoms with Crippen LogP contribution in [0.25, 0.3) is 0 Å². The molecule has 0 aliphatic carbocycles. The first-order valence-corrected chi connectivity index (χ1v) is 5.04. The van der Waals surface area contributed by atoms with Crippen LogP contribution in [0.1, 0.15) is 27.2 Å². The number of nitrogens with one attached hydrogen (secondary N) is 1. The van der Waals surface area contributed by atoms with Crippen molar-refractivity contribution in [2.24, 2.45) is 11.8 Å². The van der Waals surface area contributed by atoms with Crippen LogP contribution < -0.4 is 5.32 Å². The number of imide groups is 1. The predicted octanol–water partition coefficient (Wildman–Crippen LogP) is 0.109. The van der Waals surface area contributed by atoms with E-state index in [1.165, 1.54) is 0 Å². The van der Waals surface area contributed by atoms with Gasteiger partial charge >= 0.3 is 0 Å². The van der Waals surface area contributed by atoms with Crippen LogP contribution in [0.3, 0.4) is 0 Å². The van der Waals surface area contributed by atoms with Gasteiger partial charge in [0.15, 0.2) is 0 Å². The Kier molecular flexibility index (Phi) is 3.44. The summed E-state index contributed by atoms with van der Waals surface area (Å²) in [7, 11) is 0. The van der Waals surface area contributed by atoms with Gasteiger partial charge in [-0.05, 0) is 12.8 Å². The van der Waals surface area contributed by atoms with Crippen LogP contribution >= 0.6 is 0 Å². The van der Waals surface area contributed by atoms with Gasteiger partial charge in [0.1, 0.15) is 6.17 Å². The fraction of sp³-hybridized carbons (Fsp3) is 0.700. The average molecular weight is 212 g/mol. The van der Waals surface area contributed by atoms with Gasteiger partial charge in [-0.25, -0.2) is 0 Å². The number of hydrogen-bond acceptors (Lipinski definition) is 3. The van der Waals surface area contributed by atoms with E-state index in [0.717, 1.165) is 4.90 Å². The summed E-state index contributed by atoms with van der Waals surface area (Å²) in [5.41, 5.74) is 0. The highest BCUT2D eigenvalue weighted by molar-refractivity contribution is 6.04. The van der Waals surface area contributed by atoms with Gasteiger partial charge in [-0.3, -0.25) is 19.3 Å². The van der Waals surface area contributed by atoms with Gasteiger partial charge in [-0.1, -0.05) is 13.8 Å². The molecule has 0 aromatic carbocycles. The number of likely N-dealkylation sites (tertiary alicyclic amines) is 1. The average Bonchev–Trinajstić information content (AvgIpc) is 2.42. The summed E-state index contributed by atoms with van der Waals surface area (Å²) in [5.74, 6) is -0.485. The van der Waals surface area contributed by atoms with E-state index in [4.69, 9.17) is 0 Å². The zero-order valence-corrected chi connectivity index (χ0v) is 9.19. The predicted molar refractivity (Wildman–Crippen MR) is 53.5 cm³/mol. The summed E-state index contributed by atoms with van der Waals surface area (Å²) in [4.78, 5) is 34.8. The van der Waals surface area contributed by atoms with E-state index in [1.54, 1.807) is 6.92 Å². The molecule has 1 saturated heterocycles. The summed E-state index contributed by atoms with van der Waals surface area (Å²) >= 11 is 0. The Morgan fingerprint density at radius 3 is 2.40 bits per heavy atom. The quantitative estimate of drug-likeness (QED) is 0.531. The summed E-state index contributed by atoms with van der Waals surface area (Å²) in [5, 5.41) is 2.41. The molecule has 2 atom stereocenters. The molecule has 2 unspecified atom stereocenters. The molecule has 1 aliphatic rings. The van der Waals surface area contributed by atoms with Crippen LogP contribution in [-0.4, -0.2) is 29.3 Å². The molecule has 1 fully saturated rings. The van der Waals surface area contributed by atoms with Crippen LogP contribution in [0.15, 0.2) is 0 Å². The van der Waals surface area contributed by atoms with Gasteiger partial charge in [0.25, 0.3) is 0 Å². The molecule has 1 heterocycles. The first kappa shape index (κ1) is 11.7. The van der Waals surface area contributed by atoms with Crippen molar-refractivity contribution in [1.82, 2.24) is 10.2 Å². The zero-order valence-electron chi connectivity index (χ0n) is 9.19. The maximum Gasteiger partial charge on any atom is 0.234 e. The number of amides is 3. The Hall–Kier alpha value is -1.39. The van der Waals surface area contributed by atoms with Crippen molar-refractivity contribution in [3.05, 3.63) is 0 Å². The second-order valence-electron chi connectivity index (χ2n) is 4.12. The molecule has 0 bridgehead atoms. The largest absolute Gasteiger partial charge is 0.338 e. The molecule has 0 saturated carbocycles. The fourth-order valence-electron chi connectivity index (χ4n) is 1.78. The maximum atomic E-state index is 11.8. The van der Waals surface area contributed by atoms with Crippen molar-refractivity contribution < 1.29 is 14.4 Å². The molecule has 5 heteroatoms. The monoisotopic (exact) mass is 212 g/mol. The standard InChI is InChI=1S/C10H16N2O3/c1-6(2)8-4-9(14)12(10(8)15)7(3)11-5-13/h5-8H,4H2,1-3H3,(H,11,13). The molecule has 0 spiro atoms. The number of rotatable bonds is 4. The molecule has 0 aromatic rings. The van der Waals surface area contributed by atoms with Crippen molar-refractivity contribution in [2.45, 2.75) is 33.4 Å². The SMILES string of the molecule is CC(C)C1CC(=O)N(C(C)NC=O)C1=O. The van der Waals surface area contributed by atoms with E-state index in [0.29, 0.717) is 6.41 Å². The molecule has 0 radical (unpaired) electrons.